The summed E-state index contributed by atoms with van der Waals surface area (Å²) < 4.78 is 13.2. The second kappa shape index (κ2) is 2.88. The second-order valence-electron chi connectivity index (χ2n) is 2.31. The Bertz CT molecular complexity index is 396. The number of rotatable bonds is 1. The maximum absolute atomic E-state index is 5.76. The number of furan rings is 1. The van der Waals surface area contributed by atoms with E-state index in [1.165, 1.54) is 0 Å². The van der Waals surface area contributed by atoms with E-state index in [9.17, 15) is 0 Å². The zero-order valence-electron chi connectivity index (χ0n) is 6.24. The Morgan fingerprint density at radius 2 is 2.25 bits per heavy atom. The highest BCUT2D eigenvalue weighted by Gasteiger charge is 2.10. The Morgan fingerprint density at radius 3 is 2.75 bits per heavy atom. The molecule has 2 heterocycles. The highest BCUT2D eigenvalue weighted by Crippen LogP contribution is 2.26. The molecule has 0 unspecified atom stereocenters. The second-order valence-corrected chi connectivity index (χ2v) is 3.20. The lowest BCUT2D eigenvalue weighted by molar-refractivity contribution is 0.547. The van der Waals surface area contributed by atoms with E-state index in [1.54, 1.807) is 0 Å². The predicted molar refractivity (Wildman–Crippen MR) is 47.4 cm³/mol. The summed E-state index contributed by atoms with van der Waals surface area (Å²) in [5.41, 5.74) is 0.620. The molecule has 0 aliphatic rings. The van der Waals surface area contributed by atoms with Gasteiger partial charge in [-0.05, 0) is 19.1 Å². The van der Waals surface area contributed by atoms with Gasteiger partial charge in [-0.15, -0.1) is 0 Å². The van der Waals surface area contributed by atoms with Crippen LogP contribution in [-0.2, 0) is 0 Å². The summed E-state index contributed by atoms with van der Waals surface area (Å²) in [6.07, 6.45) is 0. The van der Waals surface area contributed by atoms with Crippen molar-refractivity contribution in [2.75, 3.05) is 0 Å². The molecule has 0 amide bonds. The number of aromatic nitrogens is 2. The number of halogens is 1. The van der Waals surface area contributed by atoms with Gasteiger partial charge >= 0.3 is 0 Å². The fourth-order valence-electron chi connectivity index (χ4n) is 0.886. The molecule has 0 spiro atoms. The van der Waals surface area contributed by atoms with Gasteiger partial charge in [-0.1, -0.05) is 11.6 Å². The van der Waals surface area contributed by atoms with Crippen LogP contribution in [0.1, 0.15) is 5.76 Å². The van der Waals surface area contributed by atoms with Crippen LogP contribution in [0.3, 0.4) is 0 Å². The van der Waals surface area contributed by atoms with Gasteiger partial charge in [0.15, 0.2) is 16.6 Å². The van der Waals surface area contributed by atoms with Crippen molar-refractivity contribution in [3.8, 4) is 11.5 Å². The molecule has 0 N–H and O–H groups in total. The minimum absolute atomic E-state index is 0.398. The van der Waals surface area contributed by atoms with Crippen LogP contribution in [0.25, 0.3) is 11.5 Å². The zero-order valence-corrected chi connectivity index (χ0v) is 7.82. The van der Waals surface area contributed by atoms with Crippen molar-refractivity contribution < 1.29 is 4.42 Å². The van der Waals surface area contributed by atoms with Crippen LogP contribution in [0.5, 0.6) is 0 Å². The zero-order chi connectivity index (χ0) is 8.55. The molecular weight excluding hydrogens is 196 g/mol. The van der Waals surface area contributed by atoms with Crippen LogP contribution >= 0.6 is 23.3 Å². The van der Waals surface area contributed by atoms with Crippen molar-refractivity contribution >= 4 is 23.3 Å². The standard InChI is InChI=1S/C7H5ClN2OS/c1-4-2-3-5(11-4)6-7(8)10-12-9-6/h2-3H,1H3. The number of hydrogen-bond donors (Lipinski definition) is 0. The molecule has 0 atom stereocenters. The molecule has 5 heteroatoms. The van der Waals surface area contributed by atoms with E-state index >= 15 is 0 Å². The minimum Gasteiger partial charge on any atom is -0.460 e. The lowest BCUT2D eigenvalue weighted by Crippen LogP contribution is -1.72. The average Bonchev–Trinajstić information content (AvgIpc) is 2.58. The van der Waals surface area contributed by atoms with Gasteiger partial charge in [0.25, 0.3) is 0 Å². The monoisotopic (exact) mass is 200 g/mol. The molecule has 0 saturated heterocycles. The van der Waals surface area contributed by atoms with Crippen LogP contribution in [-0.4, -0.2) is 8.75 Å². The molecule has 2 aromatic heterocycles. The van der Waals surface area contributed by atoms with E-state index in [1.807, 2.05) is 19.1 Å². The van der Waals surface area contributed by atoms with Crippen molar-refractivity contribution in [1.82, 2.24) is 8.75 Å². The van der Waals surface area contributed by atoms with Gasteiger partial charge in [0.2, 0.25) is 0 Å². The summed E-state index contributed by atoms with van der Waals surface area (Å²) in [5, 5.41) is 0.398. The molecule has 12 heavy (non-hydrogen) atoms. The highest BCUT2D eigenvalue weighted by atomic mass is 35.5. The summed E-state index contributed by atoms with van der Waals surface area (Å²) in [7, 11) is 0. The lowest BCUT2D eigenvalue weighted by Gasteiger charge is -1.87. The first-order chi connectivity index (χ1) is 5.77. The largest absolute Gasteiger partial charge is 0.460 e. The van der Waals surface area contributed by atoms with Crippen LogP contribution in [0.4, 0.5) is 0 Å². The van der Waals surface area contributed by atoms with Gasteiger partial charge in [-0.25, -0.2) is 0 Å². The maximum Gasteiger partial charge on any atom is 0.174 e. The summed E-state index contributed by atoms with van der Waals surface area (Å²) >= 11 is 6.84. The SMILES string of the molecule is Cc1ccc(-c2nsnc2Cl)o1. The Kier molecular flexibility index (Phi) is 1.86. The average molecular weight is 201 g/mol. The van der Waals surface area contributed by atoms with E-state index in [-0.39, 0.29) is 0 Å². The van der Waals surface area contributed by atoms with E-state index < -0.39 is 0 Å². The Hall–Kier alpha value is -0.870. The first kappa shape index (κ1) is 7.76. The third kappa shape index (κ3) is 1.23. The molecule has 2 aromatic rings. The van der Waals surface area contributed by atoms with Crippen LogP contribution in [0.15, 0.2) is 16.5 Å². The Morgan fingerprint density at radius 1 is 1.42 bits per heavy atom. The number of hydrogen-bond acceptors (Lipinski definition) is 4. The molecule has 0 aromatic carbocycles. The van der Waals surface area contributed by atoms with Crippen molar-refractivity contribution in [2.45, 2.75) is 6.92 Å². The predicted octanol–water partition coefficient (Wildman–Crippen LogP) is 2.76. The van der Waals surface area contributed by atoms with Gasteiger partial charge in [0, 0.05) is 0 Å². The Balaban J connectivity index is 2.50. The Labute approximate surface area is 78.3 Å². The van der Waals surface area contributed by atoms with Crippen molar-refractivity contribution in [3.63, 3.8) is 0 Å². The molecule has 2 rings (SSSR count). The quantitative estimate of drug-likeness (QED) is 0.711. The molecule has 0 radical (unpaired) electrons. The molecule has 0 fully saturated rings. The molecule has 0 saturated carbocycles. The van der Waals surface area contributed by atoms with Crippen LogP contribution in [0, 0.1) is 6.92 Å². The summed E-state index contributed by atoms with van der Waals surface area (Å²) in [5.74, 6) is 1.51. The first-order valence-corrected chi connectivity index (χ1v) is 4.43. The van der Waals surface area contributed by atoms with E-state index in [0.717, 1.165) is 17.5 Å². The fourth-order valence-corrected chi connectivity index (χ4v) is 1.62. The number of nitrogens with zero attached hydrogens (tertiary/aromatic N) is 2. The van der Waals surface area contributed by atoms with Gasteiger partial charge in [-0.2, -0.15) is 8.75 Å². The normalized spacial score (nSPS) is 10.5. The maximum atomic E-state index is 5.76. The molecule has 62 valence electrons. The first-order valence-electron chi connectivity index (χ1n) is 3.32. The third-order valence-electron chi connectivity index (χ3n) is 1.42. The van der Waals surface area contributed by atoms with Crippen molar-refractivity contribution in [1.29, 1.82) is 0 Å². The molecule has 3 nitrogen and oxygen atoms in total. The van der Waals surface area contributed by atoms with E-state index in [2.05, 4.69) is 8.75 Å². The van der Waals surface area contributed by atoms with Gasteiger partial charge in [0.05, 0.1) is 11.7 Å². The third-order valence-corrected chi connectivity index (χ3v) is 2.31. The van der Waals surface area contributed by atoms with Crippen molar-refractivity contribution in [2.24, 2.45) is 0 Å². The molecule has 0 aliphatic heterocycles. The summed E-state index contributed by atoms with van der Waals surface area (Å²) in [6.45, 7) is 1.87. The molecule has 0 aliphatic carbocycles. The highest BCUT2D eigenvalue weighted by molar-refractivity contribution is 6.99. The van der Waals surface area contributed by atoms with E-state index in [0.29, 0.717) is 16.6 Å². The van der Waals surface area contributed by atoms with Crippen LogP contribution in [0.2, 0.25) is 5.15 Å². The smallest absolute Gasteiger partial charge is 0.174 e. The van der Waals surface area contributed by atoms with Crippen molar-refractivity contribution in [3.05, 3.63) is 23.0 Å². The van der Waals surface area contributed by atoms with E-state index in [4.69, 9.17) is 16.0 Å². The molecule has 0 bridgehead atoms. The number of aryl methyl sites for hydroxylation is 1. The van der Waals surface area contributed by atoms with Gasteiger partial charge in [0.1, 0.15) is 5.76 Å². The fraction of sp³-hybridized carbons (Fsp3) is 0.143. The molecular formula is C7H5ClN2OS. The van der Waals surface area contributed by atoms with Gasteiger partial charge < -0.3 is 4.42 Å². The lowest BCUT2D eigenvalue weighted by atomic mass is 10.3. The minimum atomic E-state index is 0.398. The summed E-state index contributed by atoms with van der Waals surface area (Å²) in [6, 6.07) is 3.70. The van der Waals surface area contributed by atoms with Gasteiger partial charge in [-0.3, -0.25) is 0 Å². The summed E-state index contributed by atoms with van der Waals surface area (Å²) in [4.78, 5) is 0. The topological polar surface area (TPSA) is 38.9 Å². The van der Waals surface area contributed by atoms with Crippen LogP contribution < -0.4 is 0 Å².